The van der Waals surface area contributed by atoms with Gasteiger partial charge in [0.15, 0.2) is 11.2 Å². The predicted molar refractivity (Wildman–Crippen MR) is 61.2 cm³/mol. The molecule has 0 saturated heterocycles. The van der Waals surface area contributed by atoms with Gasteiger partial charge in [-0.05, 0) is 32.4 Å². The molecule has 0 spiro atoms. The maximum Gasteiger partial charge on any atom is 0.326 e. The zero-order chi connectivity index (χ0) is 12.8. The molecule has 1 unspecified atom stereocenters. The van der Waals surface area contributed by atoms with Crippen LogP contribution in [0.3, 0.4) is 0 Å². The fourth-order valence-electron chi connectivity index (χ4n) is 2.35. The third-order valence-electron chi connectivity index (χ3n) is 3.03. The summed E-state index contributed by atoms with van der Waals surface area (Å²) in [5.74, 6) is -1.03. The number of aliphatic carboxylic acids is 1. The van der Waals surface area contributed by atoms with Crippen molar-refractivity contribution < 1.29 is 19.4 Å². The van der Waals surface area contributed by atoms with Crippen LogP contribution in [-0.2, 0) is 14.3 Å². The Hall–Kier alpha value is -1.84. The summed E-state index contributed by atoms with van der Waals surface area (Å²) in [5, 5.41) is 9.38. The van der Waals surface area contributed by atoms with Crippen molar-refractivity contribution >= 4 is 11.8 Å². The van der Waals surface area contributed by atoms with E-state index in [0.29, 0.717) is 16.9 Å². The van der Waals surface area contributed by atoms with E-state index in [1.807, 2.05) is 13.8 Å². The van der Waals surface area contributed by atoms with Gasteiger partial charge >= 0.3 is 5.97 Å². The van der Waals surface area contributed by atoms with Crippen molar-refractivity contribution in [2.45, 2.75) is 26.9 Å². The van der Waals surface area contributed by atoms with Crippen molar-refractivity contribution in [1.82, 2.24) is 0 Å². The van der Waals surface area contributed by atoms with Gasteiger partial charge in [0, 0.05) is 5.57 Å². The van der Waals surface area contributed by atoms with Gasteiger partial charge in [-0.15, -0.1) is 0 Å². The topological polar surface area (TPSA) is 63.6 Å². The molecule has 0 saturated carbocycles. The largest absolute Gasteiger partial charge is 0.491 e. The third kappa shape index (κ3) is 1.37. The van der Waals surface area contributed by atoms with Gasteiger partial charge in [0.1, 0.15) is 5.76 Å². The maximum atomic E-state index is 11.8. The van der Waals surface area contributed by atoms with Gasteiger partial charge in [0.2, 0.25) is 0 Å². The highest BCUT2D eigenvalue weighted by Crippen LogP contribution is 2.50. The fourth-order valence-corrected chi connectivity index (χ4v) is 2.35. The molecule has 4 heteroatoms. The zero-order valence-electron chi connectivity index (χ0n) is 9.98. The molecule has 1 N–H and O–H groups in total. The lowest BCUT2D eigenvalue weighted by Crippen LogP contribution is -2.37. The standard InChI is InChI=1S/C13H14O4/c1-7(2)17-11-6-9-4-5-10(11)13(9,8(3)14)12(15)16/h4-7H,1-3H3,(H,15,16). The van der Waals surface area contributed by atoms with Gasteiger partial charge in [-0.3, -0.25) is 9.59 Å². The highest BCUT2D eigenvalue weighted by molar-refractivity contribution is 6.12. The van der Waals surface area contributed by atoms with Gasteiger partial charge in [0.05, 0.1) is 6.10 Å². The summed E-state index contributed by atoms with van der Waals surface area (Å²) >= 11 is 0. The average Bonchev–Trinajstić information content (AvgIpc) is 2.68. The van der Waals surface area contributed by atoms with Crippen LogP contribution in [0, 0.1) is 5.41 Å². The molecule has 2 aliphatic rings. The molecule has 0 aromatic rings. The Morgan fingerprint density at radius 1 is 1.35 bits per heavy atom. The first-order chi connectivity index (χ1) is 7.90. The molecular weight excluding hydrogens is 220 g/mol. The number of carboxylic acid groups (broad SMARTS) is 1. The molecule has 0 radical (unpaired) electrons. The third-order valence-corrected chi connectivity index (χ3v) is 3.03. The minimum absolute atomic E-state index is 0.0550. The predicted octanol–water partition coefficient (Wildman–Crippen LogP) is 1.84. The van der Waals surface area contributed by atoms with E-state index in [1.165, 1.54) is 6.92 Å². The summed E-state index contributed by atoms with van der Waals surface area (Å²) in [7, 11) is 0. The highest BCUT2D eigenvalue weighted by Gasteiger charge is 2.55. The Kier molecular flexibility index (Phi) is 2.45. The average molecular weight is 234 g/mol. The normalized spacial score (nSPS) is 25.5. The molecule has 0 fully saturated rings. The number of ether oxygens (including phenoxy) is 1. The fraction of sp³-hybridized carbons (Fsp3) is 0.385. The molecule has 1 atom stereocenters. The first kappa shape index (κ1) is 11.6. The van der Waals surface area contributed by atoms with Crippen LogP contribution in [-0.4, -0.2) is 23.0 Å². The molecule has 17 heavy (non-hydrogen) atoms. The highest BCUT2D eigenvalue weighted by atomic mass is 16.5. The first-order valence-corrected chi connectivity index (χ1v) is 5.46. The van der Waals surface area contributed by atoms with Crippen LogP contribution in [0.5, 0.6) is 0 Å². The van der Waals surface area contributed by atoms with Crippen LogP contribution in [0.1, 0.15) is 20.8 Å². The Bertz CT molecular complexity index is 478. The van der Waals surface area contributed by atoms with Crippen molar-refractivity contribution in [2.75, 3.05) is 0 Å². The van der Waals surface area contributed by atoms with E-state index >= 15 is 0 Å². The van der Waals surface area contributed by atoms with Crippen LogP contribution in [0.2, 0.25) is 0 Å². The SMILES string of the molecule is CC(=O)C1(C(=O)O)C2=CC(OC(C)C)=C1C=C2. The minimum atomic E-state index is -1.54. The Labute approximate surface area is 99.3 Å². The minimum Gasteiger partial charge on any atom is -0.491 e. The lowest BCUT2D eigenvalue weighted by atomic mass is 9.78. The summed E-state index contributed by atoms with van der Waals surface area (Å²) in [4.78, 5) is 23.2. The van der Waals surface area contributed by atoms with Crippen molar-refractivity contribution in [3.05, 3.63) is 35.1 Å². The van der Waals surface area contributed by atoms with Crippen LogP contribution in [0.4, 0.5) is 0 Å². The van der Waals surface area contributed by atoms with Gasteiger partial charge in [-0.25, -0.2) is 0 Å². The van der Waals surface area contributed by atoms with Crippen LogP contribution in [0.15, 0.2) is 35.1 Å². The number of ketones is 1. The molecule has 0 aromatic heterocycles. The van der Waals surface area contributed by atoms with Gasteiger partial charge in [0.25, 0.3) is 0 Å². The Balaban J connectivity index is 2.55. The van der Waals surface area contributed by atoms with E-state index in [0.717, 1.165) is 0 Å². The van der Waals surface area contributed by atoms with E-state index in [1.54, 1.807) is 18.2 Å². The van der Waals surface area contributed by atoms with E-state index in [-0.39, 0.29) is 6.10 Å². The number of Topliss-reactive ketones (excluding diaryl/α,β-unsaturated/α-hetero) is 1. The summed E-state index contributed by atoms with van der Waals surface area (Å²) in [6, 6.07) is 0. The number of hydrogen-bond donors (Lipinski definition) is 1. The summed E-state index contributed by atoms with van der Waals surface area (Å²) in [6.45, 7) is 5.02. The number of fused-ring (bicyclic) bond motifs is 2. The van der Waals surface area contributed by atoms with Crippen molar-refractivity contribution in [1.29, 1.82) is 0 Å². The van der Waals surface area contributed by atoms with Crippen LogP contribution >= 0.6 is 0 Å². The number of rotatable bonds is 4. The molecule has 4 nitrogen and oxygen atoms in total. The lowest BCUT2D eigenvalue weighted by molar-refractivity contribution is -0.148. The molecule has 2 rings (SSSR count). The second-order valence-electron chi connectivity index (χ2n) is 4.49. The quantitative estimate of drug-likeness (QED) is 0.754. The van der Waals surface area contributed by atoms with Crippen molar-refractivity contribution in [3.8, 4) is 0 Å². The smallest absolute Gasteiger partial charge is 0.326 e. The molecular formula is C13H14O4. The number of carbonyl (C=O) groups is 2. The molecule has 90 valence electrons. The molecule has 0 aromatic carbocycles. The first-order valence-electron chi connectivity index (χ1n) is 5.46. The van der Waals surface area contributed by atoms with Crippen LogP contribution in [0.25, 0.3) is 0 Å². The van der Waals surface area contributed by atoms with Gasteiger partial charge in [-0.2, -0.15) is 0 Å². The van der Waals surface area contributed by atoms with Crippen molar-refractivity contribution in [3.63, 3.8) is 0 Å². The summed E-state index contributed by atoms with van der Waals surface area (Å²) in [6.07, 6.45) is 4.91. The van der Waals surface area contributed by atoms with Gasteiger partial charge < -0.3 is 9.84 Å². The Morgan fingerprint density at radius 2 is 2.00 bits per heavy atom. The van der Waals surface area contributed by atoms with E-state index < -0.39 is 17.2 Å². The second kappa shape index (κ2) is 3.58. The van der Waals surface area contributed by atoms with E-state index in [9.17, 15) is 14.7 Å². The van der Waals surface area contributed by atoms with Crippen LogP contribution < -0.4 is 0 Å². The summed E-state index contributed by atoms with van der Waals surface area (Å²) in [5.41, 5.74) is -0.603. The number of carbonyl (C=O) groups excluding carboxylic acids is 1. The number of carboxylic acids is 1. The molecule has 0 aliphatic heterocycles. The molecule has 0 amide bonds. The monoisotopic (exact) mass is 234 g/mol. The van der Waals surface area contributed by atoms with Gasteiger partial charge in [-0.1, -0.05) is 12.2 Å². The van der Waals surface area contributed by atoms with E-state index in [4.69, 9.17) is 4.74 Å². The molecule has 2 bridgehead atoms. The molecule has 0 heterocycles. The number of allylic oxidation sites excluding steroid dienone is 3. The summed E-state index contributed by atoms with van der Waals surface area (Å²) < 4.78 is 5.54. The zero-order valence-corrected chi connectivity index (χ0v) is 9.98. The van der Waals surface area contributed by atoms with Crippen molar-refractivity contribution in [2.24, 2.45) is 5.41 Å². The second-order valence-corrected chi connectivity index (χ2v) is 4.49. The Morgan fingerprint density at radius 3 is 2.41 bits per heavy atom. The molecule has 2 aliphatic carbocycles. The maximum absolute atomic E-state index is 11.8. The van der Waals surface area contributed by atoms with E-state index in [2.05, 4.69) is 0 Å². The lowest BCUT2D eigenvalue weighted by Gasteiger charge is -2.21. The number of hydrogen-bond acceptors (Lipinski definition) is 3.